The van der Waals surface area contributed by atoms with Gasteiger partial charge in [0.2, 0.25) is 5.91 Å². The van der Waals surface area contributed by atoms with Crippen molar-refractivity contribution in [2.24, 2.45) is 0 Å². The van der Waals surface area contributed by atoms with E-state index in [9.17, 15) is 4.79 Å². The average Bonchev–Trinajstić information content (AvgIpc) is 2.74. The quantitative estimate of drug-likeness (QED) is 0.891. The molecule has 1 N–H and O–H groups in total. The van der Waals surface area contributed by atoms with Gasteiger partial charge in [-0.1, -0.05) is 16.8 Å². The first-order chi connectivity index (χ1) is 7.74. The highest BCUT2D eigenvalue weighted by Gasteiger charge is 2.05. The number of benzene rings is 1. The van der Waals surface area contributed by atoms with Gasteiger partial charge in [-0.25, -0.2) is 0 Å². The van der Waals surface area contributed by atoms with Gasteiger partial charge in [-0.2, -0.15) is 0 Å². The first-order valence-corrected chi connectivity index (χ1v) is 5.06. The molecule has 1 amide bonds. The lowest BCUT2D eigenvalue weighted by atomic mass is 10.2. The SMILES string of the molecule is O=C(Cc1ccon1)Nc1ccc(Cl)cc1. The van der Waals surface area contributed by atoms with Gasteiger partial charge in [0.15, 0.2) is 0 Å². The van der Waals surface area contributed by atoms with Crippen LogP contribution < -0.4 is 5.32 Å². The van der Waals surface area contributed by atoms with E-state index in [1.165, 1.54) is 6.26 Å². The molecule has 4 nitrogen and oxygen atoms in total. The summed E-state index contributed by atoms with van der Waals surface area (Å²) in [6, 6.07) is 8.56. The van der Waals surface area contributed by atoms with Gasteiger partial charge >= 0.3 is 0 Å². The van der Waals surface area contributed by atoms with Gasteiger partial charge < -0.3 is 9.84 Å². The fourth-order valence-electron chi connectivity index (χ4n) is 1.23. The van der Waals surface area contributed by atoms with Gasteiger partial charge in [0.05, 0.1) is 12.1 Å². The van der Waals surface area contributed by atoms with Crippen molar-refractivity contribution >= 4 is 23.2 Å². The Labute approximate surface area is 97.2 Å². The van der Waals surface area contributed by atoms with Crippen LogP contribution in [-0.2, 0) is 11.2 Å². The minimum Gasteiger partial charge on any atom is -0.364 e. The Balaban J connectivity index is 1.95. The van der Waals surface area contributed by atoms with Crippen molar-refractivity contribution < 1.29 is 9.32 Å². The van der Waals surface area contributed by atoms with Crippen molar-refractivity contribution in [1.82, 2.24) is 5.16 Å². The van der Waals surface area contributed by atoms with Crippen LogP contribution in [0.3, 0.4) is 0 Å². The van der Waals surface area contributed by atoms with Crippen LogP contribution in [0.4, 0.5) is 5.69 Å². The maximum atomic E-state index is 11.5. The largest absolute Gasteiger partial charge is 0.364 e. The number of anilines is 1. The molecule has 0 aliphatic rings. The molecule has 0 aliphatic carbocycles. The first kappa shape index (κ1) is 10.7. The molecule has 0 saturated heterocycles. The zero-order valence-corrected chi connectivity index (χ0v) is 9.07. The Hall–Kier alpha value is -1.81. The second-order valence-corrected chi connectivity index (χ2v) is 3.66. The Morgan fingerprint density at radius 1 is 1.31 bits per heavy atom. The number of rotatable bonds is 3. The normalized spacial score (nSPS) is 10.1. The molecule has 0 fully saturated rings. The van der Waals surface area contributed by atoms with Crippen molar-refractivity contribution in [1.29, 1.82) is 0 Å². The molecule has 1 aromatic carbocycles. The van der Waals surface area contributed by atoms with Gasteiger partial charge in [-0.05, 0) is 24.3 Å². The minimum absolute atomic E-state index is 0.142. The molecule has 2 aromatic rings. The molecule has 0 spiro atoms. The highest BCUT2D eigenvalue weighted by atomic mass is 35.5. The third-order valence-corrected chi connectivity index (χ3v) is 2.21. The highest BCUT2D eigenvalue weighted by Crippen LogP contribution is 2.13. The van der Waals surface area contributed by atoms with Crippen LogP contribution in [0.1, 0.15) is 5.69 Å². The van der Waals surface area contributed by atoms with E-state index < -0.39 is 0 Å². The van der Waals surface area contributed by atoms with Gasteiger partial charge in [0.25, 0.3) is 0 Å². The van der Waals surface area contributed by atoms with Crippen molar-refractivity contribution in [2.45, 2.75) is 6.42 Å². The van der Waals surface area contributed by atoms with Crippen LogP contribution in [0, 0.1) is 0 Å². The molecule has 0 aliphatic heterocycles. The summed E-state index contributed by atoms with van der Waals surface area (Å²) in [5, 5.41) is 7.02. The lowest BCUT2D eigenvalue weighted by molar-refractivity contribution is -0.115. The number of carbonyl (C=O) groups excluding carboxylic acids is 1. The van der Waals surface area contributed by atoms with Crippen LogP contribution in [-0.4, -0.2) is 11.1 Å². The molecule has 82 valence electrons. The van der Waals surface area contributed by atoms with E-state index in [4.69, 9.17) is 11.6 Å². The zero-order valence-electron chi connectivity index (χ0n) is 8.31. The number of hydrogen-bond donors (Lipinski definition) is 1. The molecule has 0 radical (unpaired) electrons. The summed E-state index contributed by atoms with van der Waals surface area (Å²) in [5.41, 5.74) is 1.31. The Kier molecular flexibility index (Phi) is 3.22. The van der Waals surface area contributed by atoms with Crippen LogP contribution in [0.5, 0.6) is 0 Å². The molecular weight excluding hydrogens is 228 g/mol. The summed E-state index contributed by atoms with van der Waals surface area (Å²) < 4.78 is 4.63. The van der Waals surface area contributed by atoms with Gasteiger partial charge in [0.1, 0.15) is 6.26 Å². The van der Waals surface area contributed by atoms with Crippen LogP contribution in [0.15, 0.2) is 41.1 Å². The fraction of sp³-hybridized carbons (Fsp3) is 0.0909. The highest BCUT2D eigenvalue weighted by molar-refractivity contribution is 6.30. The van der Waals surface area contributed by atoms with Crippen LogP contribution >= 0.6 is 11.6 Å². The summed E-state index contributed by atoms with van der Waals surface area (Å²) in [6.45, 7) is 0. The summed E-state index contributed by atoms with van der Waals surface area (Å²) >= 11 is 5.73. The number of halogens is 1. The number of nitrogens with zero attached hydrogens (tertiary/aromatic N) is 1. The first-order valence-electron chi connectivity index (χ1n) is 4.69. The fourth-order valence-corrected chi connectivity index (χ4v) is 1.36. The van der Waals surface area contributed by atoms with E-state index >= 15 is 0 Å². The summed E-state index contributed by atoms with van der Waals surface area (Å²) in [5.74, 6) is -0.142. The lowest BCUT2D eigenvalue weighted by Crippen LogP contribution is -2.14. The smallest absolute Gasteiger partial charge is 0.230 e. The molecule has 0 unspecified atom stereocenters. The third kappa shape index (κ3) is 2.84. The lowest BCUT2D eigenvalue weighted by Gasteiger charge is -2.03. The Bertz CT molecular complexity index is 465. The number of hydrogen-bond acceptors (Lipinski definition) is 3. The standard InChI is InChI=1S/C11H9ClN2O2/c12-8-1-3-9(4-2-8)13-11(15)7-10-5-6-16-14-10/h1-6H,7H2,(H,13,15). The van der Waals surface area contributed by atoms with E-state index in [1.54, 1.807) is 30.3 Å². The van der Waals surface area contributed by atoms with E-state index in [1.807, 2.05) is 0 Å². The van der Waals surface area contributed by atoms with E-state index in [0.717, 1.165) is 0 Å². The van der Waals surface area contributed by atoms with E-state index in [-0.39, 0.29) is 12.3 Å². The topological polar surface area (TPSA) is 55.1 Å². The van der Waals surface area contributed by atoms with Crippen LogP contribution in [0.2, 0.25) is 5.02 Å². The number of amides is 1. The van der Waals surface area contributed by atoms with Crippen LogP contribution in [0.25, 0.3) is 0 Å². The molecule has 1 heterocycles. The number of carbonyl (C=O) groups is 1. The Morgan fingerprint density at radius 2 is 2.06 bits per heavy atom. The molecule has 0 saturated carbocycles. The van der Waals surface area contributed by atoms with Gasteiger partial charge in [0, 0.05) is 16.8 Å². The second-order valence-electron chi connectivity index (χ2n) is 3.22. The monoisotopic (exact) mass is 236 g/mol. The molecule has 0 bridgehead atoms. The molecule has 5 heteroatoms. The number of aromatic nitrogens is 1. The van der Waals surface area contributed by atoms with Crippen molar-refractivity contribution in [3.05, 3.63) is 47.3 Å². The molecule has 16 heavy (non-hydrogen) atoms. The van der Waals surface area contributed by atoms with Crippen molar-refractivity contribution in [2.75, 3.05) is 5.32 Å². The van der Waals surface area contributed by atoms with E-state index in [2.05, 4.69) is 15.0 Å². The minimum atomic E-state index is -0.142. The molecule has 1 aromatic heterocycles. The zero-order chi connectivity index (χ0) is 11.4. The second kappa shape index (κ2) is 4.81. The van der Waals surface area contributed by atoms with Gasteiger partial charge in [-0.3, -0.25) is 4.79 Å². The predicted octanol–water partition coefficient (Wildman–Crippen LogP) is 2.51. The summed E-state index contributed by atoms with van der Waals surface area (Å²) in [6.07, 6.45) is 1.63. The molecular formula is C11H9ClN2O2. The van der Waals surface area contributed by atoms with Crippen molar-refractivity contribution in [3.63, 3.8) is 0 Å². The maximum absolute atomic E-state index is 11.5. The third-order valence-electron chi connectivity index (χ3n) is 1.96. The van der Waals surface area contributed by atoms with Crippen molar-refractivity contribution in [3.8, 4) is 0 Å². The maximum Gasteiger partial charge on any atom is 0.230 e. The Morgan fingerprint density at radius 3 is 2.69 bits per heavy atom. The number of nitrogens with one attached hydrogen (secondary N) is 1. The summed E-state index contributed by atoms with van der Waals surface area (Å²) in [4.78, 5) is 11.5. The molecule has 2 rings (SSSR count). The average molecular weight is 237 g/mol. The predicted molar refractivity (Wildman–Crippen MR) is 60.3 cm³/mol. The molecule has 0 atom stereocenters. The summed E-state index contributed by atoms with van der Waals surface area (Å²) in [7, 11) is 0. The van der Waals surface area contributed by atoms with Gasteiger partial charge in [-0.15, -0.1) is 0 Å². The van der Waals surface area contributed by atoms with E-state index in [0.29, 0.717) is 16.4 Å².